The summed E-state index contributed by atoms with van der Waals surface area (Å²) in [5.74, 6) is -0.979. The Morgan fingerprint density at radius 1 is 1.22 bits per heavy atom. The molecule has 0 unspecified atom stereocenters. The molecule has 1 aromatic rings. The van der Waals surface area contributed by atoms with E-state index in [1.54, 1.807) is 13.0 Å². The van der Waals surface area contributed by atoms with Gasteiger partial charge in [0.1, 0.15) is 0 Å². The van der Waals surface area contributed by atoms with Gasteiger partial charge in [-0.1, -0.05) is 30.3 Å². The second-order valence-corrected chi connectivity index (χ2v) is 3.86. The zero-order valence-corrected chi connectivity index (χ0v) is 10.6. The third-order valence-corrected chi connectivity index (χ3v) is 2.29. The molecule has 0 heterocycles. The van der Waals surface area contributed by atoms with Gasteiger partial charge in [-0.25, -0.2) is 0 Å². The van der Waals surface area contributed by atoms with E-state index in [2.05, 4.69) is 5.73 Å². The van der Waals surface area contributed by atoms with Crippen LogP contribution in [-0.4, -0.2) is 18.2 Å². The van der Waals surface area contributed by atoms with E-state index >= 15 is 0 Å². The molecule has 0 saturated carbocycles. The van der Waals surface area contributed by atoms with Crippen molar-refractivity contribution >= 4 is 11.6 Å². The first-order valence-electron chi connectivity index (χ1n) is 5.70. The lowest BCUT2D eigenvalue weighted by Gasteiger charge is -1.99. The van der Waals surface area contributed by atoms with Gasteiger partial charge >= 0.3 is 0 Å². The van der Waals surface area contributed by atoms with Crippen LogP contribution in [0.2, 0.25) is 0 Å². The summed E-state index contributed by atoms with van der Waals surface area (Å²) in [5.41, 5.74) is 4.15. The van der Waals surface area contributed by atoms with Gasteiger partial charge < -0.3 is 4.74 Å². The van der Waals surface area contributed by atoms with E-state index in [0.717, 1.165) is 5.56 Å². The second-order valence-electron chi connectivity index (χ2n) is 3.86. The predicted octanol–water partition coefficient (Wildman–Crippen LogP) is 2.46. The molecule has 0 bridgehead atoms. The fraction of sp³-hybridized carbons (Fsp3) is 0.267. The Morgan fingerprint density at radius 3 is 2.50 bits per heavy atom. The van der Waals surface area contributed by atoms with Gasteiger partial charge in [-0.15, -0.1) is 5.73 Å². The van der Waals surface area contributed by atoms with Crippen molar-refractivity contribution in [1.82, 2.24) is 0 Å². The highest BCUT2D eigenvalue weighted by Crippen LogP contribution is 2.00. The SMILES string of the molecule is CC(=O)C(=O)C(C)=C=CCOCc1ccccc1. The summed E-state index contributed by atoms with van der Waals surface area (Å²) in [7, 11) is 0. The number of hydrogen-bond donors (Lipinski definition) is 0. The maximum atomic E-state index is 11.2. The molecule has 0 N–H and O–H groups in total. The maximum Gasteiger partial charge on any atom is 0.231 e. The van der Waals surface area contributed by atoms with E-state index in [-0.39, 0.29) is 0 Å². The van der Waals surface area contributed by atoms with Crippen LogP contribution in [0.1, 0.15) is 19.4 Å². The van der Waals surface area contributed by atoms with Crippen molar-refractivity contribution in [3.05, 3.63) is 53.3 Å². The molecule has 0 aliphatic carbocycles. The van der Waals surface area contributed by atoms with Crippen molar-refractivity contribution in [2.24, 2.45) is 0 Å². The predicted molar refractivity (Wildman–Crippen MR) is 69.1 cm³/mol. The van der Waals surface area contributed by atoms with E-state index in [4.69, 9.17) is 4.74 Å². The summed E-state index contributed by atoms with van der Waals surface area (Å²) in [6.45, 7) is 3.69. The molecule has 0 amide bonds. The molecule has 0 aliphatic heterocycles. The summed E-state index contributed by atoms with van der Waals surface area (Å²) in [4.78, 5) is 22.0. The van der Waals surface area contributed by atoms with Gasteiger partial charge in [0.05, 0.1) is 13.2 Å². The Balaban J connectivity index is 2.40. The number of carbonyl (C=O) groups is 2. The Kier molecular flexibility index (Phi) is 5.78. The third-order valence-electron chi connectivity index (χ3n) is 2.29. The molecule has 1 aromatic carbocycles. The van der Waals surface area contributed by atoms with Crippen molar-refractivity contribution < 1.29 is 14.3 Å². The minimum atomic E-state index is -0.505. The summed E-state index contributed by atoms with van der Waals surface area (Å²) in [6.07, 6.45) is 1.61. The van der Waals surface area contributed by atoms with Gasteiger partial charge in [0.15, 0.2) is 0 Å². The first-order valence-corrected chi connectivity index (χ1v) is 5.70. The van der Waals surface area contributed by atoms with Gasteiger partial charge in [0.25, 0.3) is 0 Å². The highest BCUT2D eigenvalue weighted by atomic mass is 16.5. The maximum absolute atomic E-state index is 11.2. The summed E-state index contributed by atoms with van der Waals surface area (Å²) in [6, 6.07) is 9.80. The van der Waals surface area contributed by atoms with Gasteiger partial charge in [0.2, 0.25) is 11.6 Å². The van der Waals surface area contributed by atoms with Crippen LogP contribution in [0.4, 0.5) is 0 Å². The molecular weight excluding hydrogens is 228 g/mol. The van der Waals surface area contributed by atoms with Crippen molar-refractivity contribution in [3.63, 3.8) is 0 Å². The lowest BCUT2D eigenvalue weighted by molar-refractivity contribution is -0.133. The first kappa shape index (κ1) is 14.1. The Morgan fingerprint density at radius 2 is 1.89 bits per heavy atom. The van der Waals surface area contributed by atoms with Gasteiger partial charge in [-0.05, 0) is 18.6 Å². The van der Waals surface area contributed by atoms with Gasteiger partial charge in [0, 0.05) is 12.5 Å². The zero-order valence-electron chi connectivity index (χ0n) is 10.6. The minimum Gasteiger partial charge on any atom is -0.372 e. The van der Waals surface area contributed by atoms with Crippen LogP contribution in [0.15, 0.2) is 47.7 Å². The normalized spacial score (nSPS) is 9.44. The van der Waals surface area contributed by atoms with E-state index < -0.39 is 11.6 Å². The molecule has 0 fully saturated rings. The van der Waals surface area contributed by atoms with Crippen LogP contribution in [0.25, 0.3) is 0 Å². The van der Waals surface area contributed by atoms with Crippen LogP contribution >= 0.6 is 0 Å². The van der Waals surface area contributed by atoms with Gasteiger partial charge in [-0.2, -0.15) is 0 Å². The van der Waals surface area contributed by atoms with E-state index in [1.807, 2.05) is 30.3 Å². The largest absolute Gasteiger partial charge is 0.372 e. The number of rotatable bonds is 6. The van der Waals surface area contributed by atoms with E-state index in [0.29, 0.717) is 18.8 Å². The average Bonchev–Trinajstić information content (AvgIpc) is 2.38. The number of Topliss-reactive ketones (excluding diaryl/α,β-unsaturated/α-hetero) is 2. The molecule has 0 radical (unpaired) electrons. The summed E-state index contributed by atoms with van der Waals surface area (Å²) in [5, 5.41) is 0. The van der Waals surface area contributed by atoms with Crippen LogP contribution < -0.4 is 0 Å². The Hall–Kier alpha value is -1.96. The number of hydrogen-bond acceptors (Lipinski definition) is 3. The van der Waals surface area contributed by atoms with Crippen LogP contribution in [0.5, 0.6) is 0 Å². The molecular formula is C15H16O3. The van der Waals surface area contributed by atoms with Crippen LogP contribution in [0, 0.1) is 0 Å². The van der Waals surface area contributed by atoms with Crippen molar-refractivity contribution in [3.8, 4) is 0 Å². The summed E-state index contributed by atoms with van der Waals surface area (Å²) >= 11 is 0. The molecule has 3 heteroatoms. The minimum absolute atomic E-state index is 0.311. The fourth-order valence-corrected chi connectivity index (χ4v) is 1.33. The Bertz CT molecular complexity index is 480. The number of ketones is 2. The second kappa shape index (κ2) is 7.38. The van der Waals surface area contributed by atoms with Crippen molar-refractivity contribution in [1.29, 1.82) is 0 Å². The van der Waals surface area contributed by atoms with Crippen LogP contribution in [-0.2, 0) is 20.9 Å². The highest BCUT2D eigenvalue weighted by Gasteiger charge is 2.08. The van der Waals surface area contributed by atoms with Crippen molar-refractivity contribution in [2.75, 3.05) is 6.61 Å². The molecule has 1 rings (SSSR count). The lowest BCUT2D eigenvalue weighted by Crippen LogP contribution is -2.09. The third kappa shape index (κ3) is 4.91. The number of ether oxygens (including phenoxy) is 1. The molecule has 0 spiro atoms. The molecule has 0 atom stereocenters. The van der Waals surface area contributed by atoms with Crippen LogP contribution in [0.3, 0.4) is 0 Å². The lowest BCUT2D eigenvalue weighted by atomic mass is 10.1. The first-order chi connectivity index (χ1) is 8.61. The molecule has 3 nitrogen and oxygen atoms in total. The quantitative estimate of drug-likeness (QED) is 0.334. The van der Waals surface area contributed by atoms with E-state index in [1.165, 1.54) is 6.92 Å². The summed E-state index contributed by atoms with van der Waals surface area (Å²) < 4.78 is 5.38. The molecule has 0 aliphatic rings. The number of benzene rings is 1. The molecule has 18 heavy (non-hydrogen) atoms. The van der Waals surface area contributed by atoms with E-state index in [9.17, 15) is 9.59 Å². The smallest absolute Gasteiger partial charge is 0.231 e. The Labute approximate surface area is 107 Å². The number of carbonyl (C=O) groups excluding carboxylic acids is 2. The van der Waals surface area contributed by atoms with Crippen molar-refractivity contribution in [2.45, 2.75) is 20.5 Å². The molecule has 94 valence electrons. The average molecular weight is 244 g/mol. The topological polar surface area (TPSA) is 43.4 Å². The molecule has 0 saturated heterocycles. The zero-order chi connectivity index (χ0) is 13.4. The van der Waals surface area contributed by atoms with Gasteiger partial charge in [-0.3, -0.25) is 9.59 Å². The monoisotopic (exact) mass is 244 g/mol. The highest BCUT2D eigenvalue weighted by molar-refractivity contribution is 6.42. The fourth-order valence-electron chi connectivity index (χ4n) is 1.33. The molecule has 0 aromatic heterocycles. The standard InChI is InChI=1S/C15H16O3/c1-12(15(17)13(2)16)7-6-10-18-11-14-8-4-3-5-9-14/h3-6,8-9H,10-11H2,1-2H3.